The number of carboxylic acid groups (broad SMARTS) is 1. The monoisotopic (exact) mass is 289 g/mol. The first kappa shape index (κ1) is 13.6. The standard InChI is InChI=1S/C14H15N3O4/c15-7-9-2-1-3-16(9)13(18)11-6-10(14(19)20)12-8-21-5-4-17(11)12/h6,9H,1-5,8H2,(H,19,20)/t9-/m1/s1. The molecule has 7 nitrogen and oxygen atoms in total. The average Bonchev–Trinajstić information content (AvgIpc) is 3.11. The number of fused-ring (bicyclic) bond motifs is 1. The molecule has 0 bridgehead atoms. The second kappa shape index (κ2) is 5.22. The summed E-state index contributed by atoms with van der Waals surface area (Å²) in [5, 5.41) is 18.4. The molecule has 1 N–H and O–H groups in total. The van der Waals surface area contributed by atoms with Gasteiger partial charge in [0.25, 0.3) is 5.91 Å². The lowest BCUT2D eigenvalue weighted by Gasteiger charge is -2.23. The van der Waals surface area contributed by atoms with Crippen molar-refractivity contribution in [1.82, 2.24) is 9.47 Å². The van der Waals surface area contributed by atoms with Crippen LogP contribution in [-0.4, -0.2) is 45.6 Å². The van der Waals surface area contributed by atoms with Crippen molar-refractivity contribution in [3.05, 3.63) is 23.0 Å². The lowest BCUT2D eigenvalue weighted by molar-refractivity contribution is 0.0644. The van der Waals surface area contributed by atoms with Crippen molar-refractivity contribution >= 4 is 11.9 Å². The van der Waals surface area contributed by atoms with Crippen LogP contribution in [0.5, 0.6) is 0 Å². The van der Waals surface area contributed by atoms with E-state index in [0.717, 1.165) is 6.42 Å². The third kappa shape index (κ3) is 2.17. The van der Waals surface area contributed by atoms with E-state index >= 15 is 0 Å². The van der Waals surface area contributed by atoms with Gasteiger partial charge in [-0.25, -0.2) is 4.79 Å². The number of carbonyl (C=O) groups excluding carboxylic acids is 1. The summed E-state index contributed by atoms with van der Waals surface area (Å²) in [5.74, 6) is -1.34. The summed E-state index contributed by atoms with van der Waals surface area (Å²) in [5.41, 5.74) is 0.961. The molecule has 0 radical (unpaired) electrons. The van der Waals surface area contributed by atoms with Gasteiger partial charge in [-0.1, -0.05) is 0 Å². The van der Waals surface area contributed by atoms with Crippen molar-refractivity contribution in [1.29, 1.82) is 5.26 Å². The predicted molar refractivity (Wildman–Crippen MR) is 70.7 cm³/mol. The summed E-state index contributed by atoms with van der Waals surface area (Å²) in [6.07, 6.45) is 1.47. The number of aromatic nitrogens is 1. The lowest BCUT2D eigenvalue weighted by Crippen LogP contribution is -2.36. The molecule has 3 rings (SSSR count). The number of amides is 1. The van der Waals surface area contributed by atoms with Crippen LogP contribution >= 0.6 is 0 Å². The molecule has 1 aromatic heterocycles. The van der Waals surface area contributed by atoms with Crippen LogP contribution in [-0.2, 0) is 17.9 Å². The second-order valence-corrected chi connectivity index (χ2v) is 5.18. The van der Waals surface area contributed by atoms with Crippen LogP contribution in [0.15, 0.2) is 6.07 Å². The quantitative estimate of drug-likeness (QED) is 0.870. The van der Waals surface area contributed by atoms with Crippen molar-refractivity contribution < 1.29 is 19.4 Å². The first-order chi connectivity index (χ1) is 10.1. The van der Waals surface area contributed by atoms with Gasteiger partial charge in [0, 0.05) is 13.1 Å². The molecule has 7 heteroatoms. The highest BCUT2D eigenvalue weighted by molar-refractivity contribution is 5.98. The van der Waals surface area contributed by atoms with Crippen LogP contribution in [0.1, 0.15) is 39.4 Å². The second-order valence-electron chi connectivity index (χ2n) is 5.18. The number of carboxylic acids is 1. The van der Waals surface area contributed by atoms with E-state index in [9.17, 15) is 14.7 Å². The van der Waals surface area contributed by atoms with Gasteiger partial charge in [0.15, 0.2) is 0 Å². The summed E-state index contributed by atoms with van der Waals surface area (Å²) in [4.78, 5) is 25.5. The van der Waals surface area contributed by atoms with Gasteiger partial charge >= 0.3 is 5.97 Å². The van der Waals surface area contributed by atoms with E-state index in [-0.39, 0.29) is 18.1 Å². The van der Waals surface area contributed by atoms with Crippen LogP contribution in [0.4, 0.5) is 0 Å². The fraction of sp³-hybridized carbons (Fsp3) is 0.500. The maximum Gasteiger partial charge on any atom is 0.337 e. The molecule has 1 saturated heterocycles. The van der Waals surface area contributed by atoms with Gasteiger partial charge in [0.05, 0.1) is 30.5 Å². The normalized spacial score (nSPS) is 20.9. The minimum absolute atomic E-state index is 0.103. The van der Waals surface area contributed by atoms with Crippen molar-refractivity contribution in [3.8, 4) is 6.07 Å². The summed E-state index contributed by atoms with van der Waals surface area (Å²) < 4.78 is 7.00. The minimum atomic E-state index is -1.07. The number of nitriles is 1. The molecule has 2 aliphatic rings. The maximum absolute atomic E-state index is 12.6. The number of nitrogens with zero attached hydrogens (tertiary/aromatic N) is 3. The average molecular weight is 289 g/mol. The van der Waals surface area contributed by atoms with E-state index in [0.29, 0.717) is 37.5 Å². The number of hydrogen-bond acceptors (Lipinski definition) is 4. The summed E-state index contributed by atoms with van der Waals surface area (Å²) in [6, 6.07) is 3.11. The van der Waals surface area contributed by atoms with Gasteiger partial charge in [-0.05, 0) is 18.9 Å². The molecular formula is C14H15N3O4. The summed E-state index contributed by atoms with van der Waals surface area (Å²) in [6.45, 7) is 1.63. The number of rotatable bonds is 2. The first-order valence-electron chi connectivity index (χ1n) is 6.87. The van der Waals surface area contributed by atoms with Gasteiger partial charge < -0.3 is 19.3 Å². The zero-order chi connectivity index (χ0) is 15.0. The summed E-state index contributed by atoms with van der Waals surface area (Å²) in [7, 11) is 0. The Morgan fingerprint density at radius 2 is 2.24 bits per heavy atom. The number of aromatic carboxylic acids is 1. The Bertz CT molecular complexity index is 643. The van der Waals surface area contributed by atoms with Gasteiger partial charge in [-0.15, -0.1) is 0 Å². The van der Waals surface area contributed by atoms with Gasteiger partial charge in [-0.2, -0.15) is 5.26 Å². The molecule has 3 heterocycles. The van der Waals surface area contributed by atoms with E-state index in [4.69, 9.17) is 10.00 Å². The third-order valence-corrected chi connectivity index (χ3v) is 4.02. The molecule has 110 valence electrons. The molecule has 2 aliphatic heterocycles. The molecule has 0 aliphatic carbocycles. The highest BCUT2D eigenvalue weighted by Crippen LogP contribution is 2.25. The molecule has 0 spiro atoms. The Hall–Kier alpha value is -2.33. The Kier molecular flexibility index (Phi) is 3.39. The van der Waals surface area contributed by atoms with E-state index < -0.39 is 12.0 Å². The first-order valence-corrected chi connectivity index (χ1v) is 6.87. The Labute approximate surface area is 121 Å². The zero-order valence-corrected chi connectivity index (χ0v) is 11.4. The fourth-order valence-corrected chi connectivity index (χ4v) is 2.98. The van der Waals surface area contributed by atoms with E-state index in [1.165, 1.54) is 11.0 Å². The molecule has 0 unspecified atom stereocenters. The van der Waals surface area contributed by atoms with Crippen LogP contribution in [0.2, 0.25) is 0 Å². The Morgan fingerprint density at radius 3 is 2.95 bits per heavy atom. The number of ether oxygens (including phenoxy) is 1. The van der Waals surface area contributed by atoms with E-state index in [1.807, 2.05) is 0 Å². The molecule has 0 saturated carbocycles. The van der Waals surface area contributed by atoms with Crippen molar-refractivity contribution in [2.75, 3.05) is 13.2 Å². The van der Waals surface area contributed by atoms with E-state index in [2.05, 4.69) is 6.07 Å². The topological polar surface area (TPSA) is 95.6 Å². The Balaban J connectivity index is 2.00. The molecule has 21 heavy (non-hydrogen) atoms. The van der Waals surface area contributed by atoms with Crippen LogP contribution in [0.25, 0.3) is 0 Å². The minimum Gasteiger partial charge on any atom is -0.478 e. The zero-order valence-electron chi connectivity index (χ0n) is 11.4. The van der Waals surface area contributed by atoms with Gasteiger partial charge in [0.1, 0.15) is 11.7 Å². The van der Waals surface area contributed by atoms with Gasteiger partial charge in [0.2, 0.25) is 0 Å². The maximum atomic E-state index is 12.6. The third-order valence-electron chi connectivity index (χ3n) is 4.02. The molecule has 1 aromatic rings. The van der Waals surface area contributed by atoms with Crippen LogP contribution < -0.4 is 0 Å². The highest BCUT2D eigenvalue weighted by Gasteiger charge is 2.33. The number of likely N-dealkylation sites (tertiary alicyclic amines) is 1. The number of hydrogen-bond donors (Lipinski definition) is 1. The predicted octanol–water partition coefficient (Wildman–Crippen LogP) is 0.845. The van der Waals surface area contributed by atoms with Crippen LogP contribution in [0.3, 0.4) is 0 Å². The largest absolute Gasteiger partial charge is 0.478 e. The van der Waals surface area contributed by atoms with Crippen LogP contribution in [0, 0.1) is 11.3 Å². The van der Waals surface area contributed by atoms with Gasteiger partial charge in [-0.3, -0.25) is 4.79 Å². The molecule has 1 fully saturated rings. The summed E-state index contributed by atoms with van der Waals surface area (Å²) >= 11 is 0. The van der Waals surface area contributed by atoms with E-state index in [1.54, 1.807) is 4.57 Å². The smallest absolute Gasteiger partial charge is 0.337 e. The van der Waals surface area contributed by atoms with Crippen molar-refractivity contribution in [2.24, 2.45) is 0 Å². The lowest BCUT2D eigenvalue weighted by atomic mass is 10.2. The molecule has 0 aromatic carbocycles. The fourth-order valence-electron chi connectivity index (χ4n) is 2.98. The van der Waals surface area contributed by atoms with Crippen molar-refractivity contribution in [2.45, 2.75) is 32.0 Å². The highest BCUT2D eigenvalue weighted by atomic mass is 16.5. The molecule has 1 atom stereocenters. The van der Waals surface area contributed by atoms with Crippen molar-refractivity contribution in [3.63, 3.8) is 0 Å². The Morgan fingerprint density at radius 1 is 1.43 bits per heavy atom. The molecular weight excluding hydrogens is 274 g/mol. The number of carbonyl (C=O) groups is 2. The molecule has 1 amide bonds. The SMILES string of the molecule is N#C[C@H]1CCCN1C(=O)c1cc(C(=O)O)c2n1CCOC2.